The first kappa shape index (κ1) is 59.5. The molecule has 3 saturated heterocycles. The molecule has 434 valence electrons. The number of fused-ring (bicyclic) bond motifs is 7. The van der Waals surface area contributed by atoms with Gasteiger partial charge in [0.05, 0.1) is 50.0 Å². The summed E-state index contributed by atoms with van der Waals surface area (Å²) in [5.41, 5.74) is -5.35. The molecule has 8 rings (SSSR count). The minimum Gasteiger partial charge on any atom is -0.481 e. The fraction of sp³-hybridized carbons (Fsp3) is 0.904. The Morgan fingerprint density at radius 2 is 1.20 bits per heavy atom. The Kier molecular flexibility index (Phi) is 16.3. The van der Waals surface area contributed by atoms with Gasteiger partial charge in [-0.1, -0.05) is 67.0 Å². The van der Waals surface area contributed by atoms with Gasteiger partial charge < -0.3 is 105 Å². The van der Waals surface area contributed by atoms with Crippen LogP contribution in [0.4, 0.5) is 0 Å². The number of aliphatic hydroxyl groups is 12. The van der Waals surface area contributed by atoms with Gasteiger partial charge in [0, 0.05) is 10.8 Å². The summed E-state index contributed by atoms with van der Waals surface area (Å²) >= 11 is 0. The third kappa shape index (κ3) is 8.73. The van der Waals surface area contributed by atoms with Gasteiger partial charge in [0.15, 0.2) is 25.0 Å². The van der Waals surface area contributed by atoms with Crippen molar-refractivity contribution in [3.8, 4) is 0 Å². The second kappa shape index (κ2) is 20.8. The number of aliphatic hydroxyl groups excluding tert-OH is 12. The summed E-state index contributed by atoms with van der Waals surface area (Å²) in [7, 11) is 0. The predicted molar refractivity (Wildman–Crippen MR) is 256 cm³/mol. The molecule has 3 heterocycles. The van der Waals surface area contributed by atoms with Gasteiger partial charge in [0.1, 0.15) is 67.1 Å². The van der Waals surface area contributed by atoms with Crippen molar-refractivity contribution in [1.29, 1.82) is 0 Å². The van der Waals surface area contributed by atoms with Crippen LogP contribution in [0.25, 0.3) is 0 Å². The van der Waals surface area contributed by atoms with E-state index in [1.54, 1.807) is 0 Å². The van der Waals surface area contributed by atoms with E-state index in [1.807, 2.05) is 40.7 Å². The molecule has 2 unspecified atom stereocenters. The summed E-state index contributed by atoms with van der Waals surface area (Å²) in [6, 6.07) is 0. The molecule has 0 bridgehead atoms. The van der Waals surface area contributed by atoms with E-state index < -0.39 is 204 Å². The van der Waals surface area contributed by atoms with E-state index in [-0.39, 0.29) is 24.7 Å². The van der Waals surface area contributed by atoms with Crippen LogP contribution in [-0.2, 0) is 42.8 Å². The number of carboxylic acid groups (broad SMARTS) is 3. The van der Waals surface area contributed by atoms with Crippen LogP contribution in [0.1, 0.15) is 93.9 Å². The summed E-state index contributed by atoms with van der Waals surface area (Å²) in [4.78, 5) is 38.9. The van der Waals surface area contributed by atoms with E-state index in [4.69, 9.17) is 28.4 Å². The molecule has 5 aliphatic carbocycles. The molecule has 8 aliphatic rings. The van der Waals surface area contributed by atoms with Crippen LogP contribution in [0, 0.1) is 68.0 Å². The van der Waals surface area contributed by atoms with Gasteiger partial charge in [-0.05, 0) is 83.9 Å². The highest BCUT2D eigenvalue weighted by Crippen LogP contribution is 2.77. The molecule has 24 nitrogen and oxygen atoms in total. The molecular weight excluding hydrogens is 1010 g/mol. The Morgan fingerprint density at radius 3 is 1.70 bits per heavy atom. The molecule has 0 spiro atoms. The van der Waals surface area contributed by atoms with Crippen molar-refractivity contribution < 1.29 is 119 Å². The molecule has 0 amide bonds. The molecule has 0 radical (unpaired) electrons. The smallest absolute Gasteiger partial charge is 0.335 e. The van der Waals surface area contributed by atoms with Crippen molar-refractivity contribution in [2.45, 2.75) is 204 Å². The van der Waals surface area contributed by atoms with E-state index in [0.29, 0.717) is 25.7 Å². The number of hydrogen-bond donors (Lipinski definition) is 15. The SMILES string of the molecule is CC(C(=O)O)[C@H]1C(C(=O)O)[C@]2(CO)[C@H](O)[C@H](O)[C@]3(C)C(=CC[C@@H]4[C@@]5(C)CC[C@H](O[C@@H]6O[C@H](C(=O)O)[C@@H](O)[C@H](O[C@@H]7O[C@H](CO)[C@@H](O)[C@H](O)[C@H]7O)[C@H]6O[C@@H]6O[C@H](CO)[C@@H](O)[C@H](O)[C@H]6O)C(C)(C)[C@@H]5CC[C@]43C)[C@@H]2CC1(C)C. The maximum atomic E-state index is 13.5. The number of allylic oxidation sites excluding steroid dienone is 1. The van der Waals surface area contributed by atoms with Crippen molar-refractivity contribution in [3.63, 3.8) is 0 Å². The fourth-order valence-electron chi connectivity index (χ4n) is 17.0. The molecule has 0 aromatic rings. The number of rotatable bonds is 13. The van der Waals surface area contributed by atoms with Gasteiger partial charge in [-0.15, -0.1) is 0 Å². The van der Waals surface area contributed by atoms with Crippen molar-refractivity contribution in [2.75, 3.05) is 19.8 Å². The second-order valence-electron chi connectivity index (χ2n) is 25.4. The number of ether oxygens (including phenoxy) is 6. The number of carbonyl (C=O) groups is 3. The van der Waals surface area contributed by atoms with Crippen molar-refractivity contribution >= 4 is 17.9 Å². The predicted octanol–water partition coefficient (Wildman–Crippen LogP) is -2.09. The minimum absolute atomic E-state index is 0.195. The van der Waals surface area contributed by atoms with Crippen LogP contribution in [0.2, 0.25) is 0 Å². The molecule has 24 heteroatoms. The average Bonchev–Trinajstić information content (AvgIpc) is 3.46. The first-order valence-corrected chi connectivity index (χ1v) is 26.6. The zero-order valence-corrected chi connectivity index (χ0v) is 44.2. The standard InChI is InChI=1S/C52H82O24/c1-19(41(65)66)27-28(42(67)68)52(18-55)21(15-47(27,2)3)20-9-10-25-49(6)13-12-26(48(4,5)24(49)11-14-50(25,7)51(20,8)39(63)40(52)64)73-46-38(76-45-34(61)32(59)30(57)23(17-54)72-45)36(35(62)37(75-46)43(69)70)74-44-33(60)31(58)29(56)22(16-53)71-44/h9,19,21-40,44-46,53-64H,10-18H2,1-8H3,(H,65,66)(H,67,68)(H,69,70)/t19?,21-,22+,23+,24-,25+,26-,27-,28?,29+,30+,31-,32-,33+,34+,35-,36-,37-,38+,39-,40+,44-,45-,46+,49-,50+,51-,52+/m0/s1. The highest BCUT2D eigenvalue weighted by molar-refractivity contribution is 5.76. The van der Waals surface area contributed by atoms with Crippen LogP contribution in [0.5, 0.6) is 0 Å². The van der Waals surface area contributed by atoms with Crippen molar-refractivity contribution in [1.82, 2.24) is 0 Å². The lowest BCUT2D eigenvalue weighted by molar-refractivity contribution is -0.396. The second-order valence-corrected chi connectivity index (χ2v) is 25.4. The van der Waals surface area contributed by atoms with Gasteiger partial charge in [-0.25, -0.2) is 4.79 Å². The van der Waals surface area contributed by atoms with Gasteiger partial charge in [0.2, 0.25) is 0 Å². The van der Waals surface area contributed by atoms with Gasteiger partial charge in [-0.3, -0.25) is 9.59 Å². The van der Waals surface area contributed by atoms with Crippen LogP contribution < -0.4 is 0 Å². The summed E-state index contributed by atoms with van der Waals surface area (Å²) in [5.74, 6) is -9.16. The molecular formula is C52H82O24. The topological polar surface area (TPSA) is 410 Å². The van der Waals surface area contributed by atoms with Crippen molar-refractivity contribution in [2.24, 2.45) is 68.0 Å². The third-order valence-electron chi connectivity index (χ3n) is 21.2. The third-order valence-corrected chi connectivity index (χ3v) is 21.2. The lowest BCUT2D eigenvalue weighted by atomic mass is 9.31. The monoisotopic (exact) mass is 1090 g/mol. The van der Waals surface area contributed by atoms with E-state index in [0.717, 1.165) is 5.57 Å². The molecule has 0 aromatic carbocycles. The number of hydrogen-bond acceptors (Lipinski definition) is 21. The Labute approximate surface area is 440 Å². The Balaban J connectivity index is 1.14. The summed E-state index contributed by atoms with van der Waals surface area (Å²) in [6.45, 7) is 12.6. The lowest BCUT2D eigenvalue weighted by Crippen LogP contribution is -2.75. The maximum absolute atomic E-state index is 13.5. The van der Waals surface area contributed by atoms with Crippen LogP contribution >= 0.6 is 0 Å². The highest BCUT2D eigenvalue weighted by atomic mass is 16.8. The Bertz CT molecular complexity index is 2190. The Morgan fingerprint density at radius 1 is 0.645 bits per heavy atom. The quantitative estimate of drug-likeness (QED) is 0.0694. The zero-order chi connectivity index (χ0) is 56.5. The van der Waals surface area contributed by atoms with E-state index in [2.05, 4.69) is 13.8 Å². The van der Waals surface area contributed by atoms with Crippen LogP contribution in [0.3, 0.4) is 0 Å². The fourth-order valence-corrected chi connectivity index (χ4v) is 17.0. The Hall–Kier alpha value is -2.57. The molecule has 4 saturated carbocycles. The zero-order valence-electron chi connectivity index (χ0n) is 44.2. The number of carboxylic acids is 3. The summed E-state index contributed by atoms with van der Waals surface area (Å²) < 4.78 is 36.3. The normalized spacial score (nSPS) is 52.2. The first-order valence-electron chi connectivity index (χ1n) is 26.6. The minimum atomic E-state index is -2.20. The van der Waals surface area contributed by atoms with E-state index in [1.165, 1.54) is 6.92 Å². The molecule has 15 N–H and O–H groups in total. The summed E-state index contributed by atoms with van der Waals surface area (Å²) in [6.07, 6.45) is -28.5. The van der Waals surface area contributed by atoms with Crippen molar-refractivity contribution in [3.05, 3.63) is 11.6 Å². The molecule has 7 fully saturated rings. The molecule has 0 aromatic heterocycles. The van der Waals surface area contributed by atoms with Gasteiger partial charge in [-0.2, -0.15) is 0 Å². The molecule has 3 aliphatic heterocycles. The van der Waals surface area contributed by atoms with E-state index >= 15 is 0 Å². The van der Waals surface area contributed by atoms with E-state index in [9.17, 15) is 91.0 Å². The maximum Gasteiger partial charge on any atom is 0.335 e. The van der Waals surface area contributed by atoms with Gasteiger partial charge >= 0.3 is 17.9 Å². The highest BCUT2D eigenvalue weighted by Gasteiger charge is 2.76. The first-order chi connectivity index (χ1) is 35.3. The van der Waals surface area contributed by atoms with Crippen LogP contribution in [-0.4, -0.2) is 225 Å². The molecule has 28 atom stereocenters. The average molecular weight is 1090 g/mol. The largest absolute Gasteiger partial charge is 0.481 e. The lowest BCUT2D eigenvalue weighted by Gasteiger charge is -2.74. The summed E-state index contributed by atoms with van der Waals surface area (Å²) in [5, 5.41) is 165. The van der Waals surface area contributed by atoms with Crippen LogP contribution in [0.15, 0.2) is 11.6 Å². The molecule has 76 heavy (non-hydrogen) atoms. The number of aliphatic carboxylic acids is 3. The van der Waals surface area contributed by atoms with Gasteiger partial charge in [0.25, 0.3) is 0 Å².